The van der Waals surface area contributed by atoms with Gasteiger partial charge in [-0.05, 0) is 25.1 Å². The molecule has 0 saturated carbocycles. The van der Waals surface area contributed by atoms with E-state index in [2.05, 4.69) is 10.4 Å². The highest BCUT2D eigenvalue weighted by Gasteiger charge is 2.17. The highest BCUT2D eigenvalue weighted by molar-refractivity contribution is 7.89. The molecule has 0 spiro atoms. The minimum atomic E-state index is -3.83. The zero-order chi connectivity index (χ0) is 15.6. The van der Waals surface area contributed by atoms with E-state index >= 15 is 0 Å². The Balaban J connectivity index is 2.30. The Hall–Kier alpha value is -2.39. The second kappa shape index (κ2) is 5.54. The molecule has 112 valence electrons. The van der Waals surface area contributed by atoms with Crippen LogP contribution in [0.1, 0.15) is 17.4 Å². The second-order valence-corrected chi connectivity index (χ2v) is 5.85. The van der Waals surface area contributed by atoms with Crippen LogP contribution in [0.15, 0.2) is 35.4 Å². The van der Waals surface area contributed by atoms with Gasteiger partial charge in [0.05, 0.1) is 16.8 Å². The molecule has 0 aliphatic heterocycles. The first-order chi connectivity index (χ1) is 9.82. The number of hydrogen-bond donors (Lipinski definition) is 3. The van der Waals surface area contributed by atoms with Crippen molar-refractivity contribution in [3.8, 4) is 0 Å². The monoisotopic (exact) mass is 309 g/mol. The zero-order valence-corrected chi connectivity index (χ0v) is 12.1. The van der Waals surface area contributed by atoms with Crippen LogP contribution in [0.25, 0.3) is 0 Å². The predicted octanol–water partition coefficient (Wildman–Crippen LogP) is 0.385. The molecule has 1 amide bonds. The summed E-state index contributed by atoms with van der Waals surface area (Å²) in [6.45, 7) is 2.31. The van der Waals surface area contributed by atoms with E-state index in [-0.39, 0.29) is 16.3 Å². The predicted molar refractivity (Wildman–Crippen MR) is 78.1 cm³/mol. The van der Waals surface area contributed by atoms with Gasteiger partial charge < -0.3 is 11.1 Å². The molecule has 5 N–H and O–H groups in total. The van der Waals surface area contributed by atoms with Crippen molar-refractivity contribution in [1.29, 1.82) is 0 Å². The number of nitrogens with two attached hydrogens (primary N) is 2. The highest BCUT2D eigenvalue weighted by Crippen LogP contribution is 2.17. The van der Waals surface area contributed by atoms with Crippen LogP contribution < -0.4 is 16.2 Å². The average molecular weight is 309 g/mol. The van der Waals surface area contributed by atoms with Crippen LogP contribution in [-0.4, -0.2) is 24.1 Å². The molecule has 0 aliphatic carbocycles. The van der Waals surface area contributed by atoms with E-state index in [4.69, 9.17) is 10.9 Å². The molecule has 2 rings (SSSR count). The molecule has 0 fully saturated rings. The SMILES string of the molecule is CCn1ncc(N)c1C(=O)Nc1cccc(S(N)(=O)=O)c1. The smallest absolute Gasteiger partial charge is 0.276 e. The minimum Gasteiger partial charge on any atom is -0.396 e. The molecule has 0 bridgehead atoms. The first-order valence-electron chi connectivity index (χ1n) is 6.08. The van der Waals surface area contributed by atoms with Gasteiger partial charge >= 0.3 is 0 Å². The molecule has 1 heterocycles. The lowest BCUT2D eigenvalue weighted by molar-refractivity contribution is 0.101. The maximum atomic E-state index is 12.2. The fourth-order valence-corrected chi connectivity index (χ4v) is 2.39. The van der Waals surface area contributed by atoms with Gasteiger partial charge in [-0.25, -0.2) is 13.6 Å². The summed E-state index contributed by atoms with van der Waals surface area (Å²) >= 11 is 0. The number of rotatable bonds is 4. The summed E-state index contributed by atoms with van der Waals surface area (Å²) in [4.78, 5) is 12.1. The lowest BCUT2D eigenvalue weighted by atomic mass is 10.3. The number of sulfonamides is 1. The van der Waals surface area contributed by atoms with Crippen molar-refractivity contribution in [2.24, 2.45) is 5.14 Å². The van der Waals surface area contributed by atoms with Gasteiger partial charge in [0.25, 0.3) is 5.91 Å². The summed E-state index contributed by atoms with van der Waals surface area (Å²) in [6.07, 6.45) is 1.39. The summed E-state index contributed by atoms with van der Waals surface area (Å²) in [5, 5.41) is 11.6. The second-order valence-electron chi connectivity index (χ2n) is 4.29. The third kappa shape index (κ3) is 3.20. The van der Waals surface area contributed by atoms with Gasteiger partial charge in [-0.1, -0.05) is 6.07 Å². The topological polar surface area (TPSA) is 133 Å². The number of aromatic nitrogens is 2. The lowest BCUT2D eigenvalue weighted by Crippen LogP contribution is -2.19. The van der Waals surface area contributed by atoms with E-state index in [0.717, 1.165) is 0 Å². The van der Waals surface area contributed by atoms with Gasteiger partial charge in [0.1, 0.15) is 5.69 Å². The molecule has 2 aromatic rings. The summed E-state index contributed by atoms with van der Waals surface area (Å²) in [5.41, 5.74) is 6.48. The molecule has 9 heteroatoms. The fraction of sp³-hybridized carbons (Fsp3) is 0.167. The fourth-order valence-electron chi connectivity index (χ4n) is 1.83. The van der Waals surface area contributed by atoms with Crippen LogP contribution in [0, 0.1) is 0 Å². The van der Waals surface area contributed by atoms with Crippen LogP contribution in [0.3, 0.4) is 0 Å². The quantitative estimate of drug-likeness (QED) is 0.751. The summed E-state index contributed by atoms with van der Waals surface area (Å²) in [7, 11) is -3.83. The number of amides is 1. The standard InChI is InChI=1S/C12H15N5O3S/c1-2-17-11(10(13)7-15-17)12(18)16-8-4-3-5-9(6-8)21(14,19)20/h3-7H,2,13H2,1H3,(H,16,18)(H2,14,19,20). The van der Waals surface area contributed by atoms with Gasteiger partial charge in [-0.2, -0.15) is 5.10 Å². The summed E-state index contributed by atoms with van der Waals surface area (Å²) < 4.78 is 24.0. The summed E-state index contributed by atoms with van der Waals surface area (Å²) in [5.74, 6) is -0.474. The van der Waals surface area contributed by atoms with Crippen molar-refractivity contribution in [3.05, 3.63) is 36.2 Å². The Bertz CT molecular complexity index is 782. The molecular weight excluding hydrogens is 294 g/mol. The van der Waals surface area contributed by atoms with Crippen molar-refractivity contribution >= 4 is 27.3 Å². The summed E-state index contributed by atoms with van der Waals surface area (Å²) in [6, 6.07) is 5.65. The Morgan fingerprint density at radius 1 is 1.43 bits per heavy atom. The van der Waals surface area contributed by atoms with Crippen molar-refractivity contribution < 1.29 is 13.2 Å². The number of aryl methyl sites for hydroxylation is 1. The maximum Gasteiger partial charge on any atom is 0.276 e. The molecule has 0 atom stereocenters. The molecule has 0 aliphatic rings. The first-order valence-corrected chi connectivity index (χ1v) is 7.63. The number of benzene rings is 1. The van der Waals surface area contributed by atoms with Gasteiger partial charge in [0.15, 0.2) is 0 Å². The number of anilines is 2. The Morgan fingerprint density at radius 3 is 2.76 bits per heavy atom. The third-order valence-electron chi connectivity index (χ3n) is 2.80. The van der Waals surface area contributed by atoms with Crippen molar-refractivity contribution in [2.75, 3.05) is 11.1 Å². The van der Waals surface area contributed by atoms with Gasteiger partial charge in [0, 0.05) is 12.2 Å². The van der Waals surface area contributed by atoms with Gasteiger partial charge in [-0.15, -0.1) is 0 Å². The molecule has 0 saturated heterocycles. The van der Waals surface area contributed by atoms with E-state index in [1.54, 1.807) is 6.07 Å². The molecule has 1 aromatic carbocycles. The van der Waals surface area contributed by atoms with Crippen LogP contribution >= 0.6 is 0 Å². The molecule has 0 radical (unpaired) electrons. The molecular formula is C12H15N5O3S. The number of carbonyl (C=O) groups excluding carboxylic acids is 1. The van der Waals surface area contributed by atoms with Crippen LogP contribution in [0.5, 0.6) is 0 Å². The number of nitrogen functional groups attached to an aromatic ring is 1. The van der Waals surface area contributed by atoms with E-state index in [0.29, 0.717) is 12.2 Å². The Labute approximate surface area is 121 Å². The molecule has 8 nitrogen and oxygen atoms in total. The lowest BCUT2D eigenvalue weighted by Gasteiger charge is -2.08. The first kappa shape index (κ1) is 15.0. The average Bonchev–Trinajstić information content (AvgIpc) is 2.79. The van der Waals surface area contributed by atoms with Crippen molar-refractivity contribution in [3.63, 3.8) is 0 Å². The van der Waals surface area contributed by atoms with E-state index in [1.165, 1.54) is 29.1 Å². The zero-order valence-electron chi connectivity index (χ0n) is 11.3. The Morgan fingerprint density at radius 2 is 2.14 bits per heavy atom. The molecule has 21 heavy (non-hydrogen) atoms. The molecule has 0 unspecified atom stereocenters. The largest absolute Gasteiger partial charge is 0.396 e. The van der Waals surface area contributed by atoms with Crippen LogP contribution in [0.4, 0.5) is 11.4 Å². The van der Waals surface area contributed by atoms with E-state index in [1.807, 2.05) is 6.92 Å². The normalized spacial score (nSPS) is 11.3. The van der Waals surface area contributed by atoms with Crippen molar-refractivity contribution in [2.45, 2.75) is 18.4 Å². The van der Waals surface area contributed by atoms with Crippen molar-refractivity contribution in [1.82, 2.24) is 9.78 Å². The minimum absolute atomic E-state index is 0.0859. The maximum absolute atomic E-state index is 12.2. The van der Waals surface area contributed by atoms with E-state index in [9.17, 15) is 13.2 Å². The Kier molecular flexibility index (Phi) is 3.96. The number of nitrogens with one attached hydrogen (secondary N) is 1. The van der Waals surface area contributed by atoms with E-state index < -0.39 is 15.9 Å². The third-order valence-corrected chi connectivity index (χ3v) is 3.71. The van der Waals surface area contributed by atoms with Gasteiger partial charge in [-0.3, -0.25) is 9.48 Å². The highest BCUT2D eigenvalue weighted by atomic mass is 32.2. The number of primary sulfonamides is 1. The van der Waals surface area contributed by atoms with Crippen LogP contribution in [0.2, 0.25) is 0 Å². The van der Waals surface area contributed by atoms with Gasteiger partial charge in [0.2, 0.25) is 10.0 Å². The van der Waals surface area contributed by atoms with Crippen LogP contribution in [-0.2, 0) is 16.6 Å². The number of carbonyl (C=O) groups is 1. The molecule has 1 aromatic heterocycles. The number of nitrogens with zero attached hydrogens (tertiary/aromatic N) is 2. The number of hydrogen-bond acceptors (Lipinski definition) is 5.